The lowest BCUT2D eigenvalue weighted by molar-refractivity contribution is 0.351. The normalized spacial score (nSPS) is 22.8. The molecule has 0 aromatic heterocycles. The average molecular weight is 257 g/mol. The Bertz CT molecular complexity index is 467. The number of nitrogens with zero attached hydrogens (tertiary/aromatic N) is 2. The summed E-state index contributed by atoms with van der Waals surface area (Å²) in [5, 5.41) is 12.6. The Morgan fingerprint density at radius 1 is 1.26 bits per heavy atom. The van der Waals surface area contributed by atoms with Crippen LogP contribution in [-0.4, -0.2) is 26.2 Å². The first-order chi connectivity index (χ1) is 9.15. The minimum Gasteiger partial charge on any atom is -0.371 e. The SMILES string of the molecule is CNC1CCC(N(C)c2cc(C)ccc2C#N)CC1. The number of anilines is 1. The lowest BCUT2D eigenvalue weighted by Gasteiger charge is -2.36. The van der Waals surface area contributed by atoms with Crippen LogP contribution in [0.15, 0.2) is 18.2 Å². The molecule has 0 radical (unpaired) electrons. The minimum atomic E-state index is 0.554. The molecular weight excluding hydrogens is 234 g/mol. The first kappa shape index (κ1) is 13.9. The Morgan fingerprint density at radius 2 is 1.95 bits per heavy atom. The second kappa shape index (κ2) is 6.08. The van der Waals surface area contributed by atoms with E-state index in [0.29, 0.717) is 12.1 Å². The highest BCUT2D eigenvalue weighted by molar-refractivity contribution is 5.60. The maximum absolute atomic E-state index is 9.25. The molecule has 3 nitrogen and oxygen atoms in total. The van der Waals surface area contributed by atoms with Crippen molar-refractivity contribution >= 4 is 5.69 Å². The first-order valence-electron chi connectivity index (χ1n) is 7.06. The van der Waals surface area contributed by atoms with E-state index in [1.54, 1.807) is 0 Å². The molecule has 1 saturated carbocycles. The fourth-order valence-corrected chi connectivity index (χ4v) is 2.98. The van der Waals surface area contributed by atoms with Crippen molar-refractivity contribution < 1.29 is 0 Å². The van der Waals surface area contributed by atoms with Crippen LogP contribution >= 0.6 is 0 Å². The summed E-state index contributed by atoms with van der Waals surface area (Å²) in [6.45, 7) is 2.08. The molecule has 0 heterocycles. The third kappa shape index (κ3) is 3.08. The van der Waals surface area contributed by atoms with Crippen LogP contribution in [0.1, 0.15) is 36.8 Å². The van der Waals surface area contributed by atoms with Gasteiger partial charge in [-0.2, -0.15) is 5.26 Å². The Morgan fingerprint density at radius 3 is 2.53 bits per heavy atom. The summed E-state index contributed by atoms with van der Waals surface area (Å²) in [4.78, 5) is 2.30. The van der Waals surface area contributed by atoms with Gasteiger partial charge in [0.25, 0.3) is 0 Å². The van der Waals surface area contributed by atoms with Gasteiger partial charge in [0, 0.05) is 19.1 Å². The Balaban J connectivity index is 2.14. The number of rotatable bonds is 3. The zero-order valence-electron chi connectivity index (χ0n) is 12.1. The molecular formula is C16H23N3. The molecule has 1 fully saturated rings. The van der Waals surface area contributed by atoms with Gasteiger partial charge in [0.1, 0.15) is 6.07 Å². The molecule has 0 saturated heterocycles. The van der Waals surface area contributed by atoms with Gasteiger partial charge in [0.2, 0.25) is 0 Å². The Kier molecular flexibility index (Phi) is 4.44. The van der Waals surface area contributed by atoms with E-state index >= 15 is 0 Å². The zero-order valence-corrected chi connectivity index (χ0v) is 12.1. The van der Waals surface area contributed by atoms with Crippen molar-refractivity contribution in [3.63, 3.8) is 0 Å². The van der Waals surface area contributed by atoms with Gasteiger partial charge >= 0.3 is 0 Å². The lowest BCUT2D eigenvalue weighted by Crippen LogP contribution is -2.40. The summed E-state index contributed by atoms with van der Waals surface area (Å²) in [6.07, 6.45) is 4.83. The van der Waals surface area contributed by atoms with Crippen LogP contribution in [0.2, 0.25) is 0 Å². The minimum absolute atomic E-state index is 0.554. The molecule has 1 aliphatic carbocycles. The quantitative estimate of drug-likeness (QED) is 0.905. The number of hydrogen-bond acceptors (Lipinski definition) is 3. The van der Waals surface area contributed by atoms with Crippen LogP contribution in [0.4, 0.5) is 5.69 Å². The third-order valence-electron chi connectivity index (χ3n) is 4.31. The van der Waals surface area contributed by atoms with Gasteiger partial charge in [-0.05, 0) is 57.4 Å². The monoisotopic (exact) mass is 257 g/mol. The molecule has 1 aliphatic rings. The van der Waals surface area contributed by atoms with Crippen molar-refractivity contribution in [2.45, 2.75) is 44.7 Å². The van der Waals surface area contributed by atoms with Crippen molar-refractivity contribution in [3.05, 3.63) is 29.3 Å². The standard InChI is InChI=1S/C16H23N3/c1-12-4-5-13(11-17)16(10-12)19(3)15-8-6-14(18-2)7-9-15/h4-5,10,14-15,18H,6-9H2,1-3H3. The van der Waals surface area contributed by atoms with Crippen molar-refractivity contribution in [1.29, 1.82) is 5.26 Å². The van der Waals surface area contributed by atoms with Gasteiger partial charge in [0.15, 0.2) is 0 Å². The summed E-state index contributed by atoms with van der Waals surface area (Å²) in [6, 6.07) is 9.59. The molecule has 0 amide bonds. The highest BCUT2D eigenvalue weighted by Crippen LogP contribution is 2.29. The second-order valence-electron chi connectivity index (χ2n) is 5.54. The van der Waals surface area contributed by atoms with Crippen LogP contribution in [0, 0.1) is 18.3 Å². The predicted molar refractivity (Wildman–Crippen MR) is 79.4 cm³/mol. The molecule has 19 heavy (non-hydrogen) atoms. The summed E-state index contributed by atoms with van der Waals surface area (Å²) < 4.78 is 0. The largest absolute Gasteiger partial charge is 0.371 e. The molecule has 0 unspecified atom stereocenters. The number of hydrogen-bond donors (Lipinski definition) is 1. The van der Waals surface area contributed by atoms with Crippen LogP contribution in [0.25, 0.3) is 0 Å². The average Bonchev–Trinajstić information content (AvgIpc) is 2.46. The Hall–Kier alpha value is -1.53. The van der Waals surface area contributed by atoms with Crippen molar-refractivity contribution in [2.75, 3.05) is 19.0 Å². The van der Waals surface area contributed by atoms with E-state index in [4.69, 9.17) is 0 Å². The summed E-state index contributed by atoms with van der Waals surface area (Å²) in [7, 11) is 4.17. The molecule has 102 valence electrons. The molecule has 1 aromatic rings. The summed E-state index contributed by atoms with van der Waals surface area (Å²) in [5.41, 5.74) is 3.07. The maximum atomic E-state index is 9.25. The van der Waals surface area contributed by atoms with E-state index in [1.165, 1.54) is 31.2 Å². The van der Waals surface area contributed by atoms with Crippen LogP contribution in [0.5, 0.6) is 0 Å². The van der Waals surface area contributed by atoms with Crippen LogP contribution in [-0.2, 0) is 0 Å². The summed E-state index contributed by atoms with van der Waals surface area (Å²) in [5.74, 6) is 0. The van der Waals surface area contributed by atoms with Gasteiger partial charge < -0.3 is 10.2 Å². The van der Waals surface area contributed by atoms with Gasteiger partial charge in [-0.25, -0.2) is 0 Å². The summed E-state index contributed by atoms with van der Waals surface area (Å²) >= 11 is 0. The number of benzene rings is 1. The van der Waals surface area contributed by atoms with Crippen molar-refractivity contribution in [3.8, 4) is 6.07 Å². The van der Waals surface area contributed by atoms with E-state index in [2.05, 4.69) is 36.3 Å². The molecule has 0 bridgehead atoms. The van der Waals surface area contributed by atoms with Crippen molar-refractivity contribution in [2.24, 2.45) is 0 Å². The predicted octanol–water partition coefficient (Wildman–Crippen LogP) is 2.83. The van der Waals surface area contributed by atoms with E-state index < -0.39 is 0 Å². The molecule has 0 aliphatic heterocycles. The lowest BCUT2D eigenvalue weighted by atomic mass is 9.90. The second-order valence-corrected chi connectivity index (χ2v) is 5.54. The van der Waals surface area contributed by atoms with E-state index in [9.17, 15) is 5.26 Å². The highest BCUT2D eigenvalue weighted by atomic mass is 15.1. The molecule has 1 aromatic carbocycles. The smallest absolute Gasteiger partial charge is 0.101 e. The maximum Gasteiger partial charge on any atom is 0.101 e. The fourth-order valence-electron chi connectivity index (χ4n) is 2.98. The van der Waals surface area contributed by atoms with Gasteiger partial charge in [-0.3, -0.25) is 0 Å². The van der Waals surface area contributed by atoms with Crippen LogP contribution < -0.4 is 10.2 Å². The number of aryl methyl sites for hydroxylation is 1. The van der Waals surface area contributed by atoms with E-state index in [-0.39, 0.29) is 0 Å². The third-order valence-corrected chi connectivity index (χ3v) is 4.31. The zero-order chi connectivity index (χ0) is 13.8. The fraction of sp³-hybridized carbons (Fsp3) is 0.562. The van der Waals surface area contributed by atoms with E-state index in [0.717, 1.165) is 11.3 Å². The van der Waals surface area contributed by atoms with Gasteiger partial charge in [0.05, 0.1) is 11.3 Å². The van der Waals surface area contributed by atoms with Crippen LogP contribution in [0.3, 0.4) is 0 Å². The first-order valence-corrected chi connectivity index (χ1v) is 7.06. The molecule has 0 atom stereocenters. The topological polar surface area (TPSA) is 39.1 Å². The highest BCUT2D eigenvalue weighted by Gasteiger charge is 2.24. The Labute approximate surface area is 116 Å². The van der Waals surface area contributed by atoms with Gasteiger partial charge in [-0.1, -0.05) is 6.07 Å². The van der Waals surface area contributed by atoms with E-state index in [1.807, 2.05) is 19.2 Å². The van der Waals surface area contributed by atoms with Crippen molar-refractivity contribution in [1.82, 2.24) is 5.32 Å². The molecule has 2 rings (SSSR count). The number of nitriles is 1. The number of nitrogens with one attached hydrogen (secondary N) is 1. The molecule has 1 N–H and O–H groups in total. The molecule has 0 spiro atoms. The van der Waals surface area contributed by atoms with Gasteiger partial charge in [-0.15, -0.1) is 0 Å². The molecule has 3 heteroatoms.